The van der Waals surface area contributed by atoms with Gasteiger partial charge in [0.15, 0.2) is 5.83 Å². The molecule has 0 fully saturated rings. The number of halogens is 7. The van der Waals surface area contributed by atoms with Crippen LogP contribution < -0.4 is 5.32 Å². The van der Waals surface area contributed by atoms with Gasteiger partial charge in [0.2, 0.25) is 0 Å². The van der Waals surface area contributed by atoms with Crippen molar-refractivity contribution in [2.24, 2.45) is 0 Å². The molecule has 0 aliphatic rings. The molecular formula is C20H26F7NO. The zero-order valence-corrected chi connectivity index (χ0v) is 16.4. The van der Waals surface area contributed by atoms with Crippen molar-refractivity contribution >= 4 is 0 Å². The van der Waals surface area contributed by atoms with E-state index < -0.39 is 43.4 Å². The van der Waals surface area contributed by atoms with Crippen LogP contribution in [0.4, 0.5) is 30.7 Å². The summed E-state index contributed by atoms with van der Waals surface area (Å²) < 4.78 is 88.5. The van der Waals surface area contributed by atoms with Crippen molar-refractivity contribution in [1.29, 1.82) is 0 Å². The number of alkyl halides is 4. The third-order valence-corrected chi connectivity index (χ3v) is 3.60. The molecule has 1 N–H and O–H groups in total. The second kappa shape index (κ2) is 14.2. The Morgan fingerprint density at radius 1 is 1.10 bits per heavy atom. The number of rotatable bonds is 10. The molecule has 1 atom stereocenters. The van der Waals surface area contributed by atoms with Crippen molar-refractivity contribution < 1.29 is 35.5 Å². The van der Waals surface area contributed by atoms with E-state index in [9.17, 15) is 30.7 Å². The fourth-order valence-corrected chi connectivity index (χ4v) is 2.22. The van der Waals surface area contributed by atoms with Gasteiger partial charge in [-0.25, -0.2) is 17.6 Å². The van der Waals surface area contributed by atoms with Gasteiger partial charge in [-0.3, -0.25) is 0 Å². The van der Waals surface area contributed by atoms with Crippen LogP contribution in [0.1, 0.15) is 43.4 Å². The van der Waals surface area contributed by atoms with E-state index in [1.165, 1.54) is 0 Å². The number of hydrogen-bond donors (Lipinski definition) is 1. The lowest BCUT2D eigenvalue weighted by atomic mass is 10.0. The third-order valence-electron chi connectivity index (χ3n) is 3.60. The van der Waals surface area contributed by atoms with Gasteiger partial charge in [0.1, 0.15) is 24.9 Å². The smallest absolute Gasteiger partial charge is 0.370 e. The summed E-state index contributed by atoms with van der Waals surface area (Å²) in [6, 6.07) is 7.64. The van der Waals surface area contributed by atoms with E-state index in [2.05, 4.69) is 18.8 Å². The predicted octanol–water partition coefficient (Wildman–Crippen LogP) is 6.81. The van der Waals surface area contributed by atoms with E-state index in [0.717, 1.165) is 24.0 Å². The molecule has 2 nitrogen and oxygen atoms in total. The molecule has 0 saturated carbocycles. The lowest BCUT2D eigenvalue weighted by molar-refractivity contribution is -0.130. The zero-order chi connectivity index (χ0) is 22.4. The normalized spacial score (nSPS) is 13.3. The third kappa shape index (κ3) is 13.1. The largest absolute Gasteiger partial charge is 0.395 e. The van der Waals surface area contributed by atoms with E-state index in [-0.39, 0.29) is 12.6 Å². The first-order valence-electron chi connectivity index (χ1n) is 8.86. The Labute approximate surface area is 166 Å². The molecule has 0 saturated heterocycles. The van der Waals surface area contributed by atoms with Crippen LogP contribution in [0.3, 0.4) is 0 Å². The van der Waals surface area contributed by atoms with Crippen LogP contribution in [0.2, 0.25) is 0 Å². The van der Waals surface area contributed by atoms with E-state index in [1.807, 2.05) is 19.2 Å². The van der Waals surface area contributed by atoms with E-state index >= 15 is 0 Å². The Kier molecular flexibility index (Phi) is 13.3. The number of allylic oxidation sites excluding steroid dienone is 2. The Bertz CT molecular complexity index is 627. The van der Waals surface area contributed by atoms with Crippen molar-refractivity contribution in [2.45, 2.75) is 45.0 Å². The molecule has 0 spiro atoms. The maximum absolute atomic E-state index is 13.2. The zero-order valence-electron chi connectivity index (χ0n) is 16.4. The van der Waals surface area contributed by atoms with Crippen LogP contribution in [-0.2, 0) is 11.3 Å². The van der Waals surface area contributed by atoms with Crippen LogP contribution in [0.25, 0.3) is 0 Å². The average Bonchev–Trinajstić information content (AvgIpc) is 2.65. The first kappa shape index (κ1) is 27.1. The fraction of sp³-hybridized carbons (Fsp3) is 0.500. The summed E-state index contributed by atoms with van der Waals surface area (Å²) in [5.74, 6) is -4.28. The number of nitrogens with one attached hydrogen (secondary N) is 1. The highest BCUT2D eigenvalue weighted by atomic mass is 19.4. The molecule has 0 heterocycles. The molecule has 0 aliphatic carbocycles. The van der Waals surface area contributed by atoms with Crippen LogP contribution in [-0.4, -0.2) is 26.5 Å². The highest BCUT2D eigenvalue weighted by Crippen LogP contribution is 2.27. The summed E-state index contributed by atoms with van der Waals surface area (Å²) in [6.45, 7) is 2.84. The molecule has 0 amide bonds. The predicted molar refractivity (Wildman–Crippen MR) is 98.9 cm³/mol. The quantitative estimate of drug-likeness (QED) is 0.413. The molecule has 9 heteroatoms. The lowest BCUT2D eigenvalue weighted by Crippen LogP contribution is -2.15. The molecule has 0 aliphatic heterocycles. The van der Waals surface area contributed by atoms with Gasteiger partial charge in [-0.2, -0.15) is 13.2 Å². The second-order valence-electron chi connectivity index (χ2n) is 6.12. The topological polar surface area (TPSA) is 21.3 Å². The molecule has 29 heavy (non-hydrogen) atoms. The van der Waals surface area contributed by atoms with Crippen molar-refractivity contribution in [3.05, 3.63) is 59.5 Å². The SMILES string of the molecule is C=C(F)CF.CCCC(NC)c1ccc(COC/C(F)=C(/F)CC(F)(F)F)cc1. The van der Waals surface area contributed by atoms with Crippen molar-refractivity contribution in [3.63, 3.8) is 0 Å². The van der Waals surface area contributed by atoms with Gasteiger partial charge < -0.3 is 10.1 Å². The monoisotopic (exact) mass is 429 g/mol. The van der Waals surface area contributed by atoms with Gasteiger partial charge in [0.05, 0.1) is 13.0 Å². The lowest BCUT2D eigenvalue weighted by Gasteiger charge is -2.16. The Hall–Kier alpha value is -1.87. The summed E-state index contributed by atoms with van der Waals surface area (Å²) in [4.78, 5) is 0. The first-order chi connectivity index (χ1) is 13.5. The number of benzene rings is 1. The molecule has 1 aromatic rings. The average molecular weight is 429 g/mol. The van der Waals surface area contributed by atoms with Crippen molar-refractivity contribution in [2.75, 3.05) is 20.3 Å². The van der Waals surface area contributed by atoms with Gasteiger partial charge in [-0.05, 0) is 24.6 Å². The highest BCUT2D eigenvalue weighted by molar-refractivity contribution is 5.24. The minimum Gasteiger partial charge on any atom is -0.370 e. The van der Waals surface area contributed by atoms with Crippen LogP contribution in [0, 0.1) is 0 Å². The van der Waals surface area contributed by atoms with Gasteiger partial charge in [0.25, 0.3) is 0 Å². The maximum Gasteiger partial charge on any atom is 0.395 e. The van der Waals surface area contributed by atoms with Crippen LogP contribution in [0.5, 0.6) is 0 Å². The number of ether oxygens (including phenoxy) is 1. The summed E-state index contributed by atoms with van der Waals surface area (Å²) in [5.41, 5.74) is 1.83. The van der Waals surface area contributed by atoms with Gasteiger partial charge in [-0.1, -0.05) is 44.2 Å². The van der Waals surface area contributed by atoms with Gasteiger partial charge in [0, 0.05) is 6.04 Å². The summed E-state index contributed by atoms with van der Waals surface area (Å²) in [7, 11) is 1.88. The van der Waals surface area contributed by atoms with E-state index in [4.69, 9.17) is 4.74 Å². The van der Waals surface area contributed by atoms with E-state index in [1.54, 1.807) is 12.1 Å². The minimum absolute atomic E-state index is 0.00893. The van der Waals surface area contributed by atoms with Crippen molar-refractivity contribution in [3.8, 4) is 0 Å². The Balaban J connectivity index is 0.00000139. The van der Waals surface area contributed by atoms with Crippen LogP contribution >= 0.6 is 0 Å². The maximum atomic E-state index is 13.2. The molecule has 1 unspecified atom stereocenters. The standard InChI is InChI=1S/C17H22F5NO.C3H4F2/c1-3-4-16(23-2)13-7-5-12(6-8-13)10-24-11-15(19)14(18)9-17(20,21)22;1-3(5)2-4/h5-8,16,23H,3-4,9-11H2,1-2H3;1-2H2/b15-14-;. The Morgan fingerprint density at radius 2 is 1.66 bits per heavy atom. The van der Waals surface area contributed by atoms with Gasteiger partial charge in [-0.15, -0.1) is 0 Å². The number of hydrogen-bond acceptors (Lipinski definition) is 2. The fourth-order valence-electron chi connectivity index (χ4n) is 2.22. The minimum atomic E-state index is -4.78. The molecule has 0 radical (unpaired) electrons. The summed E-state index contributed by atoms with van der Waals surface area (Å²) in [5, 5.41) is 3.21. The molecule has 1 aromatic carbocycles. The summed E-state index contributed by atoms with van der Waals surface area (Å²) >= 11 is 0. The molecule has 0 bridgehead atoms. The van der Waals surface area contributed by atoms with Crippen molar-refractivity contribution in [1.82, 2.24) is 5.32 Å². The van der Waals surface area contributed by atoms with Gasteiger partial charge >= 0.3 is 6.18 Å². The molecule has 166 valence electrons. The molecular weight excluding hydrogens is 403 g/mol. The first-order valence-corrected chi connectivity index (χ1v) is 8.86. The summed E-state index contributed by atoms with van der Waals surface area (Å²) in [6.07, 6.45) is -4.67. The molecule has 0 aromatic heterocycles. The Morgan fingerprint density at radius 3 is 2.07 bits per heavy atom. The van der Waals surface area contributed by atoms with Crippen LogP contribution in [0.15, 0.2) is 48.3 Å². The highest BCUT2D eigenvalue weighted by Gasteiger charge is 2.31. The second-order valence-corrected chi connectivity index (χ2v) is 6.12. The van der Waals surface area contributed by atoms with E-state index in [0.29, 0.717) is 0 Å². The molecule has 1 rings (SSSR count).